The van der Waals surface area contributed by atoms with Gasteiger partial charge in [0, 0.05) is 24.2 Å². The van der Waals surface area contributed by atoms with E-state index in [-0.39, 0.29) is 24.0 Å². The van der Waals surface area contributed by atoms with E-state index in [9.17, 15) is 0 Å². The number of aliphatic imine (C=N–C) groups is 1. The predicted octanol–water partition coefficient (Wildman–Crippen LogP) is 3.88. The molecule has 0 bridgehead atoms. The van der Waals surface area contributed by atoms with Crippen LogP contribution in [-0.2, 0) is 29.2 Å². The first-order valence-corrected chi connectivity index (χ1v) is 10.2. The molecule has 6 nitrogen and oxygen atoms in total. The molecule has 0 saturated carbocycles. The van der Waals surface area contributed by atoms with Crippen LogP contribution >= 0.6 is 35.3 Å². The summed E-state index contributed by atoms with van der Waals surface area (Å²) in [6.45, 7) is 10.8. The lowest BCUT2D eigenvalue weighted by molar-refractivity contribution is 0.0453. The molecule has 8 heteroatoms. The van der Waals surface area contributed by atoms with E-state index in [0.29, 0.717) is 32.9 Å². The highest BCUT2D eigenvalue weighted by atomic mass is 127. The standard InChI is InChI=1S/C20H30N4O2S.HI/c1-4-21-20(24-14-19-22-12-16(3)27-19)23-13-17-7-6-8-18(11-17)15-26-10-9-25-5-2;/h6-8,11-12H,4-5,9-10,13-15H2,1-3H3,(H2,21,23,24);1H. The van der Waals surface area contributed by atoms with Crippen molar-refractivity contribution in [3.63, 3.8) is 0 Å². The highest BCUT2D eigenvalue weighted by Gasteiger charge is 2.02. The van der Waals surface area contributed by atoms with Crippen molar-refractivity contribution in [3.05, 3.63) is 51.5 Å². The van der Waals surface area contributed by atoms with E-state index in [0.717, 1.165) is 35.2 Å². The van der Waals surface area contributed by atoms with E-state index in [2.05, 4.69) is 52.7 Å². The second-order valence-corrected chi connectivity index (χ2v) is 7.30. The van der Waals surface area contributed by atoms with Crippen LogP contribution in [0.25, 0.3) is 0 Å². The van der Waals surface area contributed by atoms with Crippen LogP contribution in [0.2, 0.25) is 0 Å². The number of hydrogen-bond donors (Lipinski definition) is 2. The zero-order valence-corrected chi connectivity index (χ0v) is 20.0. The summed E-state index contributed by atoms with van der Waals surface area (Å²) in [5.74, 6) is 0.795. The Morgan fingerprint density at radius 2 is 1.93 bits per heavy atom. The zero-order chi connectivity index (χ0) is 19.3. The first-order chi connectivity index (χ1) is 13.2. The second kappa shape index (κ2) is 14.7. The maximum Gasteiger partial charge on any atom is 0.191 e. The largest absolute Gasteiger partial charge is 0.379 e. The van der Waals surface area contributed by atoms with Gasteiger partial charge in [0.1, 0.15) is 5.01 Å². The predicted molar refractivity (Wildman–Crippen MR) is 127 cm³/mol. The summed E-state index contributed by atoms with van der Waals surface area (Å²) in [7, 11) is 0. The second-order valence-electron chi connectivity index (χ2n) is 5.98. The number of thiazole rings is 1. The molecule has 0 aliphatic rings. The number of nitrogens with zero attached hydrogens (tertiary/aromatic N) is 2. The van der Waals surface area contributed by atoms with Crippen LogP contribution < -0.4 is 10.6 Å². The highest BCUT2D eigenvalue weighted by Crippen LogP contribution is 2.11. The molecule has 1 aromatic carbocycles. The van der Waals surface area contributed by atoms with Crippen molar-refractivity contribution >= 4 is 41.3 Å². The van der Waals surface area contributed by atoms with Crippen molar-refractivity contribution in [1.29, 1.82) is 0 Å². The van der Waals surface area contributed by atoms with Gasteiger partial charge in [0.25, 0.3) is 0 Å². The third-order valence-electron chi connectivity index (χ3n) is 3.68. The fourth-order valence-corrected chi connectivity index (χ4v) is 3.15. The minimum Gasteiger partial charge on any atom is -0.379 e. The van der Waals surface area contributed by atoms with Gasteiger partial charge in [-0.1, -0.05) is 24.3 Å². The Balaban J connectivity index is 0.00000392. The molecule has 0 atom stereocenters. The van der Waals surface area contributed by atoms with Crippen molar-refractivity contribution < 1.29 is 9.47 Å². The lowest BCUT2D eigenvalue weighted by Crippen LogP contribution is -2.36. The number of ether oxygens (including phenoxy) is 2. The fraction of sp³-hybridized carbons (Fsp3) is 0.500. The number of rotatable bonds is 11. The van der Waals surface area contributed by atoms with E-state index >= 15 is 0 Å². The molecule has 0 amide bonds. The summed E-state index contributed by atoms with van der Waals surface area (Å²) >= 11 is 1.70. The first-order valence-electron chi connectivity index (χ1n) is 9.38. The number of halogens is 1. The molecule has 1 heterocycles. The molecule has 0 radical (unpaired) electrons. The molecule has 0 spiro atoms. The Labute approximate surface area is 189 Å². The van der Waals surface area contributed by atoms with E-state index < -0.39 is 0 Å². The Bertz CT molecular complexity index is 709. The summed E-state index contributed by atoms with van der Waals surface area (Å²) in [6.07, 6.45) is 1.90. The van der Waals surface area contributed by atoms with Crippen LogP contribution in [-0.4, -0.2) is 37.3 Å². The van der Waals surface area contributed by atoms with Gasteiger partial charge in [-0.2, -0.15) is 0 Å². The SMILES string of the molecule is CCNC(=NCc1cccc(COCCOCC)c1)NCc1ncc(C)s1.I. The molecule has 2 aromatic rings. The topological polar surface area (TPSA) is 67.8 Å². The van der Waals surface area contributed by atoms with Crippen LogP contribution in [0.4, 0.5) is 0 Å². The van der Waals surface area contributed by atoms with Gasteiger partial charge in [0.2, 0.25) is 0 Å². The van der Waals surface area contributed by atoms with Crippen LogP contribution in [0.15, 0.2) is 35.5 Å². The number of hydrogen-bond acceptors (Lipinski definition) is 5. The minimum absolute atomic E-state index is 0. The molecule has 0 fully saturated rings. The number of aryl methyl sites for hydroxylation is 1. The molecule has 156 valence electrons. The number of benzene rings is 1. The molecule has 1 aromatic heterocycles. The van der Waals surface area contributed by atoms with Gasteiger partial charge in [-0.05, 0) is 31.9 Å². The van der Waals surface area contributed by atoms with Crippen molar-refractivity contribution in [2.24, 2.45) is 4.99 Å². The average Bonchev–Trinajstić information content (AvgIpc) is 3.09. The maximum absolute atomic E-state index is 5.64. The smallest absolute Gasteiger partial charge is 0.191 e. The van der Waals surface area contributed by atoms with Crippen molar-refractivity contribution in [2.75, 3.05) is 26.4 Å². The van der Waals surface area contributed by atoms with Gasteiger partial charge >= 0.3 is 0 Å². The molecule has 0 unspecified atom stereocenters. The Morgan fingerprint density at radius 1 is 1.14 bits per heavy atom. The molecule has 2 rings (SSSR count). The molecule has 28 heavy (non-hydrogen) atoms. The molecular formula is C20H31IN4O2S. The summed E-state index contributed by atoms with van der Waals surface area (Å²) in [5.41, 5.74) is 2.30. The van der Waals surface area contributed by atoms with Crippen LogP contribution in [0.3, 0.4) is 0 Å². The lowest BCUT2D eigenvalue weighted by atomic mass is 10.1. The number of nitrogens with one attached hydrogen (secondary N) is 2. The summed E-state index contributed by atoms with van der Waals surface area (Å²) in [6, 6.07) is 8.34. The maximum atomic E-state index is 5.64. The van der Waals surface area contributed by atoms with Gasteiger partial charge in [-0.15, -0.1) is 35.3 Å². The summed E-state index contributed by atoms with van der Waals surface area (Å²) in [5, 5.41) is 7.67. The third kappa shape index (κ3) is 9.81. The first kappa shape index (κ1) is 24.8. The van der Waals surface area contributed by atoms with Crippen molar-refractivity contribution in [3.8, 4) is 0 Å². The molecule has 2 N–H and O–H groups in total. The Hall–Kier alpha value is -1.23. The van der Waals surface area contributed by atoms with E-state index in [4.69, 9.17) is 9.47 Å². The average molecular weight is 518 g/mol. The minimum atomic E-state index is 0. The molecule has 0 saturated heterocycles. The zero-order valence-electron chi connectivity index (χ0n) is 16.9. The normalized spacial score (nSPS) is 11.2. The van der Waals surface area contributed by atoms with Crippen LogP contribution in [0.1, 0.15) is 34.9 Å². The quantitative estimate of drug-likeness (QED) is 0.205. The number of guanidine groups is 1. The summed E-state index contributed by atoms with van der Waals surface area (Å²) in [4.78, 5) is 10.3. The molecule has 0 aliphatic carbocycles. The third-order valence-corrected chi connectivity index (χ3v) is 4.59. The highest BCUT2D eigenvalue weighted by molar-refractivity contribution is 14.0. The number of aromatic nitrogens is 1. The van der Waals surface area contributed by atoms with E-state index in [1.165, 1.54) is 4.88 Å². The Morgan fingerprint density at radius 3 is 2.64 bits per heavy atom. The lowest BCUT2D eigenvalue weighted by Gasteiger charge is -2.10. The van der Waals surface area contributed by atoms with Gasteiger partial charge in [-0.25, -0.2) is 9.98 Å². The molecule has 0 aliphatic heterocycles. The van der Waals surface area contributed by atoms with Crippen molar-refractivity contribution in [2.45, 2.75) is 40.5 Å². The van der Waals surface area contributed by atoms with Crippen LogP contribution in [0, 0.1) is 6.92 Å². The van der Waals surface area contributed by atoms with Gasteiger partial charge in [0.05, 0.1) is 32.9 Å². The van der Waals surface area contributed by atoms with Gasteiger partial charge in [0.15, 0.2) is 5.96 Å². The monoisotopic (exact) mass is 518 g/mol. The van der Waals surface area contributed by atoms with E-state index in [1.807, 2.05) is 19.2 Å². The van der Waals surface area contributed by atoms with Crippen LogP contribution in [0.5, 0.6) is 0 Å². The van der Waals surface area contributed by atoms with Gasteiger partial charge < -0.3 is 20.1 Å². The molecular weight excluding hydrogens is 487 g/mol. The fourth-order valence-electron chi connectivity index (χ4n) is 2.42. The van der Waals surface area contributed by atoms with Gasteiger partial charge in [-0.3, -0.25) is 0 Å². The van der Waals surface area contributed by atoms with Crippen molar-refractivity contribution in [1.82, 2.24) is 15.6 Å². The Kier molecular flexibility index (Phi) is 13.0. The van der Waals surface area contributed by atoms with E-state index in [1.54, 1.807) is 11.3 Å². The summed E-state index contributed by atoms with van der Waals surface area (Å²) < 4.78 is 10.9.